The van der Waals surface area contributed by atoms with Crippen LogP contribution in [0, 0.1) is 17.3 Å². The predicted molar refractivity (Wildman–Crippen MR) is 165 cm³/mol. The van der Waals surface area contributed by atoms with Gasteiger partial charge in [-0.15, -0.1) is 11.3 Å². The fourth-order valence-electron chi connectivity index (χ4n) is 5.27. The molecule has 2 aliphatic rings. The first-order valence-corrected chi connectivity index (χ1v) is 16.5. The number of nitrogens with one attached hydrogen (secondary N) is 3. The first-order chi connectivity index (χ1) is 20.9. The highest BCUT2D eigenvalue weighted by molar-refractivity contribution is 7.07. The highest BCUT2D eigenvalue weighted by Gasteiger charge is 2.48. The number of hydrogen-bond acceptors (Lipinski definition) is 10. The maximum atomic E-state index is 13.7. The van der Waals surface area contributed by atoms with Crippen molar-refractivity contribution >= 4 is 34.8 Å². The number of carbonyl (C=O) groups excluding carboxylic acids is 4. The molecular weight excluding hydrogens is 584 g/mol. The molecular formula is C31H46N6O6S. The fraction of sp³-hybridized carbons (Fsp3) is 0.677. The molecule has 1 aliphatic carbocycles. The van der Waals surface area contributed by atoms with Gasteiger partial charge in [-0.1, -0.05) is 39.8 Å². The van der Waals surface area contributed by atoms with Gasteiger partial charge in [-0.2, -0.15) is 0 Å². The number of thiazole rings is 1. The minimum absolute atomic E-state index is 0.0313. The average molecular weight is 631 g/mol. The average Bonchev–Trinajstić information content (AvgIpc) is 3.32. The number of hydrogen-bond donors (Lipinski definition) is 3. The van der Waals surface area contributed by atoms with Crippen LogP contribution in [0.25, 0.3) is 0 Å². The maximum Gasteiger partial charge on any atom is 0.274 e. The van der Waals surface area contributed by atoms with E-state index in [4.69, 9.17) is 9.26 Å². The third kappa shape index (κ3) is 9.67. The zero-order valence-electron chi connectivity index (χ0n) is 26.4. The molecule has 12 nitrogen and oxygen atoms in total. The standard InChI is InChI=1S/C31H46N6O6S/c1-19(2)12-23(27(38)31(5)6-7-31)33-29(40)25(14-21-17-44-18-32-21)35-28(39)24(13-20(3)4)34-30(41)26-15-22(43-36-26)16-37-8-10-42-11-9-37/h15,17-20,23-25H,6-14,16H2,1-5H3,(H,33,40)(H,34,41)(H,35,39)/t23-,24-,25-/m0/s1. The van der Waals surface area contributed by atoms with Crippen molar-refractivity contribution < 1.29 is 28.4 Å². The summed E-state index contributed by atoms with van der Waals surface area (Å²) in [7, 11) is 0. The number of ether oxygens (including phenoxy) is 1. The van der Waals surface area contributed by atoms with Gasteiger partial charge in [0.2, 0.25) is 11.8 Å². The van der Waals surface area contributed by atoms with Crippen molar-refractivity contribution in [2.45, 2.75) is 91.4 Å². The van der Waals surface area contributed by atoms with E-state index in [1.165, 1.54) is 11.3 Å². The topological polar surface area (TPSA) is 156 Å². The van der Waals surface area contributed by atoms with Crippen molar-refractivity contribution in [2.75, 3.05) is 26.3 Å². The van der Waals surface area contributed by atoms with Crippen molar-refractivity contribution in [2.24, 2.45) is 17.3 Å². The first kappa shape index (κ1) is 33.7. The molecule has 0 bridgehead atoms. The number of carbonyl (C=O) groups is 4. The second-order valence-electron chi connectivity index (χ2n) is 13.1. The molecule has 13 heteroatoms. The van der Waals surface area contributed by atoms with Gasteiger partial charge < -0.3 is 25.2 Å². The maximum absolute atomic E-state index is 13.7. The summed E-state index contributed by atoms with van der Waals surface area (Å²) in [5, 5.41) is 14.3. The van der Waals surface area contributed by atoms with Gasteiger partial charge in [0.1, 0.15) is 12.1 Å². The molecule has 1 saturated carbocycles. The molecule has 2 aromatic heterocycles. The van der Waals surface area contributed by atoms with Crippen molar-refractivity contribution in [3.8, 4) is 0 Å². The van der Waals surface area contributed by atoms with Crippen LogP contribution in [0.4, 0.5) is 0 Å². The number of Topliss-reactive ketones (excluding diaryl/α,β-unsaturated/α-hetero) is 1. The van der Waals surface area contributed by atoms with Crippen LogP contribution in [0.2, 0.25) is 0 Å². The smallest absolute Gasteiger partial charge is 0.274 e. The predicted octanol–water partition coefficient (Wildman–Crippen LogP) is 2.74. The van der Waals surface area contributed by atoms with Gasteiger partial charge in [-0.05, 0) is 37.5 Å². The van der Waals surface area contributed by atoms with Gasteiger partial charge in [-0.3, -0.25) is 24.1 Å². The van der Waals surface area contributed by atoms with Gasteiger partial charge in [-0.25, -0.2) is 4.98 Å². The van der Waals surface area contributed by atoms with Crippen LogP contribution in [0.5, 0.6) is 0 Å². The summed E-state index contributed by atoms with van der Waals surface area (Å²) in [5.41, 5.74) is 1.99. The van der Waals surface area contributed by atoms with E-state index in [1.54, 1.807) is 11.6 Å². The normalized spacial score (nSPS) is 18.4. The van der Waals surface area contributed by atoms with Crippen LogP contribution in [0.3, 0.4) is 0 Å². The molecule has 0 unspecified atom stereocenters. The molecule has 242 valence electrons. The molecule has 2 aromatic rings. The molecule has 1 aliphatic heterocycles. The van der Waals surface area contributed by atoms with E-state index in [0.717, 1.165) is 25.9 Å². The summed E-state index contributed by atoms with van der Waals surface area (Å²) in [5.74, 6) is -0.651. The Hall–Kier alpha value is -3.16. The number of rotatable bonds is 16. The molecule has 0 aromatic carbocycles. The van der Waals surface area contributed by atoms with Crippen LogP contribution in [-0.2, 0) is 32.1 Å². The summed E-state index contributed by atoms with van der Waals surface area (Å²) >= 11 is 1.39. The summed E-state index contributed by atoms with van der Waals surface area (Å²) in [6.07, 6.45) is 2.62. The second-order valence-corrected chi connectivity index (χ2v) is 13.8. The van der Waals surface area contributed by atoms with E-state index in [1.807, 2.05) is 40.0 Å². The molecule has 3 N–H and O–H groups in total. The second kappa shape index (κ2) is 15.2. The molecule has 4 rings (SSSR count). The van der Waals surface area contributed by atoms with E-state index in [9.17, 15) is 19.2 Å². The van der Waals surface area contributed by atoms with E-state index >= 15 is 0 Å². The molecule has 44 heavy (non-hydrogen) atoms. The zero-order valence-corrected chi connectivity index (χ0v) is 27.2. The summed E-state index contributed by atoms with van der Waals surface area (Å²) in [4.78, 5) is 60.3. The Labute approximate surface area is 263 Å². The third-order valence-corrected chi connectivity index (χ3v) is 8.70. The molecule has 3 atom stereocenters. The third-order valence-electron chi connectivity index (χ3n) is 8.07. The van der Waals surface area contributed by atoms with E-state index in [2.05, 4.69) is 31.0 Å². The van der Waals surface area contributed by atoms with E-state index in [-0.39, 0.29) is 29.7 Å². The van der Waals surface area contributed by atoms with Crippen molar-refractivity contribution in [3.05, 3.63) is 34.1 Å². The van der Waals surface area contributed by atoms with Crippen LogP contribution in [0.15, 0.2) is 21.5 Å². The van der Waals surface area contributed by atoms with Gasteiger partial charge in [0.05, 0.1) is 37.0 Å². The Morgan fingerprint density at radius 3 is 2.20 bits per heavy atom. The van der Waals surface area contributed by atoms with Crippen LogP contribution in [0.1, 0.15) is 82.2 Å². The SMILES string of the molecule is CC(C)C[C@H](NC(=O)c1cc(CN2CCOCC2)on1)C(=O)N[C@@H](Cc1cscn1)C(=O)N[C@@H](CC(C)C)C(=O)C1(C)CC1. The largest absolute Gasteiger partial charge is 0.379 e. The summed E-state index contributed by atoms with van der Waals surface area (Å²) in [6, 6.07) is -0.974. The molecule has 0 radical (unpaired) electrons. The molecule has 3 heterocycles. The lowest BCUT2D eigenvalue weighted by atomic mass is 9.91. The highest BCUT2D eigenvalue weighted by atomic mass is 32.1. The number of amides is 3. The Kier molecular flexibility index (Phi) is 11.7. The summed E-state index contributed by atoms with van der Waals surface area (Å²) in [6.45, 7) is 13.2. The Morgan fingerprint density at radius 1 is 0.955 bits per heavy atom. The lowest BCUT2D eigenvalue weighted by Crippen LogP contribution is -2.57. The van der Waals surface area contributed by atoms with Crippen LogP contribution < -0.4 is 16.0 Å². The minimum atomic E-state index is -0.988. The van der Waals surface area contributed by atoms with Crippen molar-refractivity contribution in [3.63, 3.8) is 0 Å². The Balaban J connectivity index is 1.45. The van der Waals surface area contributed by atoms with Gasteiger partial charge >= 0.3 is 0 Å². The Morgan fingerprint density at radius 2 is 1.59 bits per heavy atom. The fourth-order valence-corrected chi connectivity index (χ4v) is 5.84. The van der Waals surface area contributed by atoms with Crippen molar-refractivity contribution in [1.29, 1.82) is 0 Å². The minimum Gasteiger partial charge on any atom is -0.379 e. The van der Waals surface area contributed by atoms with Gasteiger partial charge in [0.15, 0.2) is 17.2 Å². The molecule has 1 saturated heterocycles. The first-order valence-electron chi connectivity index (χ1n) is 15.5. The quantitative estimate of drug-likeness (QED) is 0.254. The summed E-state index contributed by atoms with van der Waals surface area (Å²) < 4.78 is 10.8. The van der Waals surface area contributed by atoms with Crippen molar-refractivity contribution in [1.82, 2.24) is 31.0 Å². The monoisotopic (exact) mass is 630 g/mol. The number of morpholine rings is 1. The van der Waals surface area contributed by atoms with E-state index in [0.29, 0.717) is 44.1 Å². The van der Waals surface area contributed by atoms with E-state index < -0.39 is 41.3 Å². The number of aromatic nitrogens is 2. The molecule has 3 amide bonds. The lowest BCUT2D eigenvalue weighted by molar-refractivity contribution is -0.133. The Bertz CT molecular complexity index is 1270. The number of nitrogens with zero attached hydrogens (tertiary/aromatic N) is 3. The van der Waals surface area contributed by atoms with Gasteiger partial charge in [0.25, 0.3) is 5.91 Å². The lowest BCUT2D eigenvalue weighted by Gasteiger charge is -2.27. The highest BCUT2D eigenvalue weighted by Crippen LogP contribution is 2.47. The van der Waals surface area contributed by atoms with Crippen LogP contribution >= 0.6 is 11.3 Å². The molecule has 2 fully saturated rings. The molecule has 0 spiro atoms. The zero-order chi connectivity index (χ0) is 31.9. The van der Waals surface area contributed by atoms with Gasteiger partial charge in [0, 0.05) is 36.4 Å². The number of ketones is 1. The van der Waals surface area contributed by atoms with Crippen LogP contribution in [-0.4, -0.2) is 83.0 Å².